The van der Waals surface area contributed by atoms with Crippen molar-refractivity contribution in [2.75, 3.05) is 18.2 Å². The Balaban J connectivity index is 3.25. The predicted molar refractivity (Wildman–Crippen MR) is 82.2 cm³/mol. The number of H-pyrrole nitrogens is 1. The summed E-state index contributed by atoms with van der Waals surface area (Å²) in [4.78, 5) is 26.5. The lowest BCUT2D eigenvalue weighted by Crippen LogP contribution is -2.16. The number of esters is 1. The number of aromatic amines is 1. The van der Waals surface area contributed by atoms with Crippen LogP contribution in [-0.4, -0.2) is 23.8 Å². The summed E-state index contributed by atoms with van der Waals surface area (Å²) in [7, 11) is 0. The third-order valence-electron chi connectivity index (χ3n) is 2.70. The van der Waals surface area contributed by atoms with Crippen LogP contribution in [-0.2, 0) is 9.53 Å². The Morgan fingerprint density at radius 1 is 1.50 bits per heavy atom. The molecule has 0 saturated heterocycles. The third kappa shape index (κ3) is 3.68. The fourth-order valence-electron chi connectivity index (χ4n) is 1.69. The summed E-state index contributed by atoms with van der Waals surface area (Å²) in [5.41, 5.74) is -0.200. The highest BCUT2D eigenvalue weighted by atomic mass is 32.2. The minimum atomic E-state index is -0.754. The van der Waals surface area contributed by atoms with Crippen LogP contribution in [0.15, 0.2) is 21.5 Å². The zero-order valence-corrected chi connectivity index (χ0v) is 13.1. The lowest BCUT2D eigenvalue weighted by atomic mass is 10.1. The number of carbonyl (C=O) groups excluding carboxylic acids is 1. The normalized spacial score (nSPS) is 10.5. The van der Waals surface area contributed by atoms with E-state index in [1.807, 2.05) is 6.07 Å². The van der Waals surface area contributed by atoms with E-state index in [0.29, 0.717) is 16.3 Å². The van der Waals surface area contributed by atoms with Crippen molar-refractivity contribution in [2.45, 2.75) is 18.7 Å². The van der Waals surface area contributed by atoms with E-state index in [1.54, 1.807) is 26.2 Å². The highest BCUT2D eigenvalue weighted by Crippen LogP contribution is 2.27. The fourth-order valence-corrected chi connectivity index (χ4v) is 2.41. The molecule has 1 heterocycles. The van der Waals surface area contributed by atoms with Gasteiger partial charge >= 0.3 is 5.97 Å². The summed E-state index contributed by atoms with van der Waals surface area (Å²) < 4.78 is 4.73. The molecule has 7 nitrogen and oxygen atoms in total. The van der Waals surface area contributed by atoms with E-state index >= 15 is 0 Å². The van der Waals surface area contributed by atoms with Gasteiger partial charge < -0.3 is 15.0 Å². The molecule has 0 saturated carbocycles. The Bertz CT molecular complexity index is 753. The molecular weight excluding hydrogens is 304 g/mol. The number of nitrogens with zero attached hydrogens (tertiary/aromatic N) is 2. The maximum absolute atomic E-state index is 11.8. The lowest BCUT2D eigenvalue weighted by Gasteiger charge is -2.11. The second-order valence-electron chi connectivity index (χ2n) is 4.01. The number of rotatable bonds is 5. The topological polar surface area (TPSA) is 119 Å². The van der Waals surface area contributed by atoms with Crippen LogP contribution in [0.4, 0.5) is 5.82 Å². The minimum Gasteiger partial charge on any atom is -0.462 e. The van der Waals surface area contributed by atoms with Gasteiger partial charge in [0.05, 0.1) is 11.5 Å². The zero-order valence-electron chi connectivity index (χ0n) is 12.3. The van der Waals surface area contributed by atoms with Crippen LogP contribution in [0, 0.1) is 29.6 Å². The van der Waals surface area contributed by atoms with Crippen molar-refractivity contribution in [3.05, 3.63) is 33.3 Å². The molecule has 0 radical (unpaired) electrons. The van der Waals surface area contributed by atoms with Gasteiger partial charge in [0, 0.05) is 6.20 Å². The van der Waals surface area contributed by atoms with Gasteiger partial charge in [-0.05, 0) is 25.7 Å². The van der Waals surface area contributed by atoms with Crippen molar-refractivity contribution in [3.8, 4) is 12.1 Å². The van der Waals surface area contributed by atoms with E-state index in [2.05, 4.69) is 10.3 Å². The van der Waals surface area contributed by atoms with Gasteiger partial charge in [-0.3, -0.25) is 4.79 Å². The molecule has 1 aromatic heterocycles. The van der Waals surface area contributed by atoms with Gasteiger partial charge in [0.2, 0.25) is 0 Å². The number of thioether (sulfide) groups is 1. The fraction of sp³-hybridized carbons (Fsp3) is 0.286. The van der Waals surface area contributed by atoms with Crippen LogP contribution >= 0.6 is 11.8 Å². The number of nitriles is 2. The minimum absolute atomic E-state index is 0.0322. The van der Waals surface area contributed by atoms with Crippen molar-refractivity contribution >= 4 is 23.5 Å². The zero-order chi connectivity index (χ0) is 16.7. The van der Waals surface area contributed by atoms with Crippen molar-refractivity contribution in [1.82, 2.24) is 4.98 Å². The number of carbonyl (C=O) groups is 1. The van der Waals surface area contributed by atoms with E-state index in [1.165, 1.54) is 11.8 Å². The number of aromatic nitrogens is 1. The number of ether oxygens (including phenoxy) is 1. The molecule has 8 heteroatoms. The molecular formula is C14H14N4O3S. The summed E-state index contributed by atoms with van der Waals surface area (Å²) in [6.07, 6.45) is 2.95. The molecule has 0 amide bonds. The SMILES string of the molecule is CCOC(=O)/C(C#N)=C\Nc1[nH]c(=O)c(C#N)c(C)c1SC. The average Bonchev–Trinajstić information content (AvgIpc) is 2.48. The van der Waals surface area contributed by atoms with Gasteiger partial charge in [-0.1, -0.05) is 0 Å². The highest BCUT2D eigenvalue weighted by molar-refractivity contribution is 7.98. The molecule has 114 valence electrons. The second kappa shape index (κ2) is 7.91. The van der Waals surface area contributed by atoms with Crippen molar-refractivity contribution in [2.24, 2.45) is 0 Å². The van der Waals surface area contributed by atoms with Crippen LogP contribution in [0.1, 0.15) is 18.1 Å². The standard InChI is InChI=1S/C14H14N4O3S/c1-4-21-14(20)9(5-15)7-17-12-11(22-3)8(2)10(6-16)13(19)18-12/h7H,4H2,1-3H3,(H2,17,18,19)/b9-7-. The average molecular weight is 318 g/mol. The molecule has 0 aliphatic carbocycles. The first-order valence-corrected chi connectivity index (χ1v) is 7.47. The highest BCUT2D eigenvalue weighted by Gasteiger charge is 2.14. The number of hydrogen-bond acceptors (Lipinski definition) is 7. The molecule has 1 aromatic rings. The van der Waals surface area contributed by atoms with Crippen molar-refractivity contribution in [3.63, 3.8) is 0 Å². The monoisotopic (exact) mass is 318 g/mol. The van der Waals surface area contributed by atoms with E-state index in [4.69, 9.17) is 15.3 Å². The van der Waals surface area contributed by atoms with E-state index < -0.39 is 11.5 Å². The molecule has 0 unspecified atom stereocenters. The smallest absolute Gasteiger partial charge is 0.350 e. The predicted octanol–water partition coefficient (Wildman–Crippen LogP) is 1.66. The lowest BCUT2D eigenvalue weighted by molar-refractivity contribution is -0.138. The van der Waals surface area contributed by atoms with Gasteiger partial charge in [-0.15, -0.1) is 11.8 Å². The van der Waals surface area contributed by atoms with Gasteiger partial charge in [0.25, 0.3) is 5.56 Å². The summed E-state index contributed by atoms with van der Waals surface area (Å²) in [5, 5.41) is 20.6. The van der Waals surface area contributed by atoms with Crippen LogP contribution in [0.5, 0.6) is 0 Å². The van der Waals surface area contributed by atoms with E-state index in [-0.39, 0.29) is 17.7 Å². The van der Waals surface area contributed by atoms with Crippen LogP contribution < -0.4 is 10.9 Å². The molecule has 1 rings (SSSR count). The van der Waals surface area contributed by atoms with Crippen LogP contribution in [0.3, 0.4) is 0 Å². The van der Waals surface area contributed by atoms with Crippen molar-refractivity contribution in [1.29, 1.82) is 10.5 Å². The largest absolute Gasteiger partial charge is 0.462 e. The Labute approximate surface area is 131 Å². The first-order valence-electron chi connectivity index (χ1n) is 6.25. The molecule has 22 heavy (non-hydrogen) atoms. The Hall–Kier alpha value is -2.71. The number of pyridine rings is 1. The number of anilines is 1. The second-order valence-corrected chi connectivity index (χ2v) is 4.83. The van der Waals surface area contributed by atoms with E-state index in [0.717, 1.165) is 6.20 Å². The first-order chi connectivity index (χ1) is 10.5. The Morgan fingerprint density at radius 3 is 2.68 bits per heavy atom. The molecule has 0 bridgehead atoms. The molecule has 0 spiro atoms. The summed E-state index contributed by atoms with van der Waals surface area (Å²) in [6, 6.07) is 3.57. The van der Waals surface area contributed by atoms with Crippen LogP contribution in [0.25, 0.3) is 0 Å². The number of hydrogen-bond donors (Lipinski definition) is 2. The quantitative estimate of drug-likeness (QED) is 0.367. The Morgan fingerprint density at radius 2 is 2.18 bits per heavy atom. The van der Waals surface area contributed by atoms with Gasteiger partial charge in [0.15, 0.2) is 5.57 Å². The molecule has 0 aromatic carbocycles. The van der Waals surface area contributed by atoms with Gasteiger partial charge in [-0.25, -0.2) is 4.79 Å². The summed E-state index contributed by atoms with van der Waals surface area (Å²) in [6.45, 7) is 3.44. The molecule has 0 aliphatic heterocycles. The molecule has 0 atom stereocenters. The van der Waals surface area contributed by atoms with Crippen molar-refractivity contribution < 1.29 is 9.53 Å². The molecule has 2 N–H and O–H groups in total. The Kier molecular flexibility index (Phi) is 6.24. The number of nitrogens with one attached hydrogen (secondary N) is 2. The maximum Gasteiger partial charge on any atom is 0.350 e. The van der Waals surface area contributed by atoms with E-state index in [9.17, 15) is 9.59 Å². The maximum atomic E-state index is 11.8. The summed E-state index contributed by atoms with van der Waals surface area (Å²) >= 11 is 1.33. The molecule has 0 aliphatic rings. The molecule has 0 fully saturated rings. The van der Waals surface area contributed by atoms with Gasteiger partial charge in [0.1, 0.15) is 23.5 Å². The van der Waals surface area contributed by atoms with Gasteiger partial charge in [-0.2, -0.15) is 10.5 Å². The van der Waals surface area contributed by atoms with Crippen LogP contribution in [0.2, 0.25) is 0 Å². The third-order valence-corrected chi connectivity index (χ3v) is 3.62. The summed E-state index contributed by atoms with van der Waals surface area (Å²) in [5.74, 6) is -0.443. The first kappa shape index (κ1) is 17.3.